The lowest BCUT2D eigenvalue weighted by Crippen LogP contribution is -2.10. The summed E-state index contributed by atoms with van der Waals surface area (Å²) in [5.41, 5.74) is 9.87. The summed E-state index contributed by atoms with van der Waals surface area (Å²) in [6.07, 6.45) is 0.993. The number of nitrogens with two attached hydrogens (primary N) is 1. The highest BCUT2D eigenvalue weighted by atomic mass is 16.5. The van der Waals surface area contributed by atoms with Crippen molar-refractivity contribution in [2.45, 2.75) is 26.8 Å². The van der Waals surface area contributed by atoms with Gasteiger partial charge in [0.1, 0.15) is 5.75 Å². The van der Waals surface area contributed by atoms with E-state index in [-0.39, 0.29) is 0 Å². The van der Waals surface area contributed by atoms with E-state index in [1.54, 1.807) is 7.11 Å². The first-order chi connectivity index (χ1) is 9.60. The van der Waals surface area contributed by atoms with E-state index in [1.165, 1.54) is 5.69 Å². The van der Waals surface area contributed by atoms with Crippen LogP contribution in [-0.2, 0) is 6.54 Å². The number of nitrogen functional groups attached to an aromatic ring is 1. The van der Waals surface area contributed by atoms with Crippen LogP contribution in [0.3, 0.4) is 0 Å². The number of aromatic nitrogens is 2. The molecule has 5 nitrogen and oxygen atoms in total. The number of nitrogens with zero attached hydrogens (tertiary/aromatic N) is 2. The average molecular weight is 274 g/mol. The topological polar surface area (TPSA) is 65.1 Å². The van der Waals surface area contributed by atoms with Crippen LogP contribution >= 0.6 is 0 Å². The average Bonchev–Trinajstić information content (AvgIpc) is 2.74. The third-order valence-corrected chi connectivity index (χ3v) is 3.22. The molecule has 0 spiro atoms. The van der Waals surface area contributed by atoms with Crippen molar-refractivity contribution < 1.29 is 4.74 Å². The van der Waals surface area contributed by atoms with Crippen LogP contribution in [0.25, 0.3) is 0 Å². The summed E-state index contributed by atoms with van der Waals surface area (Å²) < 4.78 is 7.17. The first-order valence-corrected chi connectivity index (χ1v) is 6.78. The maximum atomic E-state index is 5.96. The van der Waals surface area contributed by atoms with Gasteiger partial charge in [0.05, 0.1) is 24.2 Å². The minimum atomic E-state index is 0.704. The Hall–Kier alpha value is -2.17. The van der Waals surface area contributed by atoms with Crippen molar-refractivity contribution >= 4 is 11.4 Å². The zero-order chi connectivity index (χ0) is 14.5. The molecule has 0 saturated carbocycles. The number of rotatable bonds is 6. The standard InChI is InChI=1S/C15H22N4O/c1-11-9-12(2)19(18-11)8-4-7-17-15-6-5-13(20-3)10-14(15)16/h5-6,9-10,17H,4,7-8,16H2,1-3H3. The molecular formula is C15H22N4O. The zero-order valence-corrected chi connectivity index (χ0v) is 12.3. The van der Waals surface area contributed by atoms with Gasteiger partial charge in [-0.1, -0.05) is 0 Å². The minimum absolute atomic E-state index is 0.704. The minimum Gasteiger partial charge on any atom is -0.497 e. The van der Waals surface area contributed by atoms with Crippen molar-refractivity contribution in [2.75, 3.05) is 24.7 Å². The molecule has 1 aromatic carbocycles. The van der Waals surface area contributed by atoms with E-state index in [4.69, 9.17) is 10.5 Å². The third kappa shape index (κ3) is 3.44. The lowest BCUT2D eigenvalue weighted by Gasteiger charge is -2.11. The maximum Gasteiger partial charge on any atom is 0.121 e. The Morgan fingerprint density at radius 3 is 2.70 bits per heavy atom. The molecule has 5 heteroatoms. The van der Waals surface area contributed by atoms with Gasteiger partial charge in [-0.2, -0.15) is 5.10 Å². The zero-order valence-electron chi connectivity index (χ0n) is 12.3. The SMILES string of the molecule is COc1ccc(NCCCn2nc(C)cc2C)c(N)c1. The van der Waals surface area contributed by atoms with Gasteiger partial charge >= 0.3 is 0 Å². The second-order valence-electron chi connectivity index (χ2n) is 4.88. The summed E-state index contributed by atoms with van der Waals surface area (Å²) in [6, 6.07) is 7.76. The van der Waals surface area contributed by atoms with Gasteiger partial charge in [0, 0.05) is 24.8 Å². The molecule has 0 bridgehead atoms. The predicted molar refractivity (Wildman–Crippen MR) is 82.2 cm³/mol. The van der Waals surface area contributed by atoms with Crippen molar-refractivity contribution in [2.24, 2.45) is 0 Å². The molecule has 0 atom stereocenters. The van der Waals surface area contributed by atoms with E-state index in [0.717, 1.165) is 36.6 Å². The summed E-state index contributed by atoms with van der Waals surface area (Å²) in [5.74, 6) is 0.774. The van der Waals surface area contributed by atoms with Gasteiger partial charge in [0.25, 0.3) is 0 Å². The molecule has 0 aliphatic carbocycles. The number of nitrogens with one attached hydrogen (secondary N) is 1. The number of benzene rings is 1. The molecule has 108 valence electrons. The second kappa shape index (κ2) is 6.32. The number of ether oxygens (including phenoxy) is 1. The molecule has 0 amide bonds. The Morgan fingerprint density at radius 2 is 2.10 bits per heavy atom. The van der Waals surface area contributed by atoms with Crippen LogP contribution in [-0.4, -0.2) is 23.4 Å². The maximum absolute atomic E-state index is 5.96. The Labute approximate surface area is 119 Å². The first kappa shape index (κ1) is 14.2. The highest BCUT2D eigenvalue weighted by Gasteiger charge is 2.02. The van der Waals surface area contributed by atoms with E-state index in [0.29, 0.717) is 5.69 Å². The molecular weight excluding hydrogens is 252 g/mol. The number of hydrogen-bond donors (Lipinski definition) is 2. The summed E-state index contributed by atoms with van der Waals surface area (Å²) in [5, 5.41) is 7.78. The molecule has 0 aliphatic rings. The van der Waals surface area contributed by atoms with Crippen LogP contribution in [0.2, 0.25) is 0 Å². The fraction of sp³-hybridized carbons (Fsp3) is 0.400. The molecule has 0 saturated heterocycles. The van der Waals surface area contributed by atoms with Crippen molar-refractivity contribution in [3.8, 4) is 5.75 Å². The van der Waals surface area contributed by atoms with Gasteiger partial charge in [0.2, 0.25) is 0 Å². The van der Waals surface area contributed by atoms with Crippen LogP contribution < -0.4 is 15.8 Å². The third-order valence-electron chi connectivity index (χ3n) is 3.22. The summed E-state index contributed by atoms with van der Waals surface area (Å²) >= 11 is 0. The molecule has 2 rings (SSSR count). The molecule has 0 unspecified atom stereocenters. The molecule has 0 radical (unpaired) electrons. The Bertz CT molecular complexity index is 577. The fourth-order valence-corrected chi connectivity index (χ4v) is 2.18. The van der Waals surface area contributed by atoms with E-state index >= 15 is 0 Å². The lowest BCUT2D eigenvalue weighted by atomic mass is 10.2. The normalized spacial score (nSPS) is 10.6. The highest BCUT2D eigenvalue weighted by Crippen LogP contribution is 2.23. The van der Waals surface area contributed by atoms with Crippen LogP contribution in [0.15, 0.2) is 24.3 Å². The molecule has 3 N–H and O–H groups in total. The van der Waals surface area contributed by atoms with Crippen LogP contribution in [0.1, 0.15) is 17.8 Å². The van der Waals surface area contributed by atoms with E-state index in [2.05, 4.69) is 23.4 Å². The van der Waals surface area contributed by atoms with Gasteiger partial charge in [0.15, 0.2) is 0 Å². The smallest absolute Gasteiger partial charge is 0.121 e. The summed E-state index contributed by atoms with van der Waals surface area (Å²) in [4.78, 5) is 0. The van der Waals surface area contributed by atoms with Gasteiger partial charge < -0.3 is 15.8 Å². The second-order valence-corrected chi connectivity index (χ2v) is 4.88. The highest BCUT2D eigenvalue weighted by molar-refractivity contribution is 5.68. The molecule has 0 aliphatic heterocycles. The van der Waals surface area contributed by atoms with Crippen LogP contribution in [0, 0.1) is 13.8 Å². The quantitative estimate of drug-likeness (QED) is 0.627. The van der Waals surface area contributed by atoms with Gasteiger partial charge in [-0.05, 0) is 38.5 Å². The summed E-state index contributed by atoms with van der Waals surface area (Å²) in [7, 11) is 1.64. The summed E-state index contributed by atoms with van der Waals surface area (Å²) in [6.45, 7) is 5.85. The molecule has 1 aromatic heterocycles. The van der Waals surface area contributed by atoms with Crippen LogP contribution in [0.5, 0.6) is 5.75 Å². The van der Waals surface area contributed by atoms with Crippen molar-refractivity contribution in [3.63, 3.8) is 0 Å². The number of hydrogen-bond acceptors (Lipinski definition) is 4. The molecule has 0 fully saturated rings. The molecule has 1 heterocycles. The Morgan fingerprint density at radius 1 is 1.30 bits per heavy atom. The predicted octanol–water partition coefficient (Wildman–Crippen LogP) is 2.59. The lowest BCUT2D eigenvalue weighted by molar-refractivity contribution is 0.415. The largest absolute Gasteiger partial charge is 0.497 e. The Kier molecular flexibility index (Phi) is 4.50. The van der Waals surface area contributed by atoms with E-state index in [9.17, 15) is 0 Å². The number of anilines is 2. The van der Waals surface area contributed by atoms with Crippen molar-refractivity contribution in [3.05, 3.63) is 35.7 Å². The number of aryl methyl sites for hydroxylation is 3. The van der Waals surface area contributed by atoms with E-state index < -0.39 is 0 Å². The van der Waals surface area contributed by atoms with Gasteiger partial charge in [-0.3, -0.25) is 4.68 Å². The van der Waals surface area contributed by atoms with Gasteiger partial charge in [-0.25, -0.2) is 0 Å². The van der Waals surface area contributed by atoms with Crippen LogP contribution in [0.4, 0.5) is 11.4 Å². The Balaban J connectivity index is 1.83. The molecule has 2 aromatic rings. The molecule has 20 heavy (non-hydrogen) atoms. The number of methoxy groups -OCH3 is 1. The van der Waals surface area contributed by atoms with E-state index in [1.807, 2.05) is 29.8 Å². The van der Waals surface area contributed by atoms with Crippen molar-refractivity contribution in [1.29, 1.82) is 0 Å². The monoisotopic (exact) mass is 274 g/mol. The fourth-order valence-electron chi connectivity index (χ4n) is 2.18. The van der Waals surface area contributed by atoms with Crippen molar-refractivity contribution in [1.82, 2.24) is 9.78 Å². The van der Waals surface area contributed by atoms with Gasteiger partial charge in [-0.15, -0.1) is 0 Å². The first-order valence-electron chi connectivity index (χ1n) is 6.78.